The van der Waals surface area contributed by atoms with Crippen LogP contribution in [0.2, 0.25) is 10.0 Å². The van der Waals surface area contributed by atoms with Gasteiger partial charge in [-0.15, -0.1) is 15.3 Å². The number of aromatic hydroxyl groups is 1. The molecule has 0 fully saturated rings. The second-order valence-corrected chi connectivity index (χ2v) is 13.3. The average molecular weight is 861 g/mol. The second-order valence-electron chi connectivity index (χ2n) is 9.79. The fourth-order valence-electron chi connectivity index (χ4n) is 4.55. The summed E-state index contributed by atoms with van der Waals surface area (Å²) in [6, 6.07) is 28.6. The number of hydrogen-bond acceptors (Lipinski definition) is 11. The Balaban J connectivity index is 0.000000216. The summed E-state index contributed by atoms with van der Waals surface area (Å²) in [7, 11) is -9.40. The number of azo groups is 2. The molecule has 6 aromatic rings. The van der Waals surface area contributed by atoms with Gasteiger partial charge in [0.05, 0.1) is 15.7 Å². The van der Waals surface area contributed by atoms with Gasteiger partial charge in [-0.05, 0) is 41.1 Å². The summed E-state index contributed by atoms with van der Waals surface area (Å²) in [5, 5.41) is 40.0. The van der Waals surface area contributed by atoms with E-state index in [0.29, 0.717) is 10.8 Å². The van der Waals surface area contributed by atoms with E-state index in [1.807, 2.05) is 18.2 Å². The van der Waals surface area contributed by atoms with Crippen LogP contribution < -0.4 is 5.11 Å². The summed E-state index contributed by atoms with van der Waals surface area (Å²) in [5.74, 6) is -0.473. The monoisotopic (exact) mass is 860 g/mol. The smallest absolute Gasteiger partial charge is 0.871 e. The average Bonchev–Trinajstić information content (AvgIpc) is 3.03. The van der Waals surface area contributed by atoms with E-state index < -0.39 is 30.0 Å². The summed E-state index contributed by atoms with van der Waals surface area (Å²) >= 11 is 11.6. The molecule has 0 aliphatic rings. The predicted molar refractivity (Wildman–Crippen MR) is 184 cm³/mol. The number of fused-ring (bicyclic) bond motifs is 2. The molecular weight excluding hydrogens is 841 g/mol. The van der Waals surface area contributed by atoms with Crippen molar-refractivity contribution in [2.75, 3.05) is 0 Å². The Morgan fingerprint density at radius 1 is 0.571 bits per heavy atom. The van der Waals surface area contributed by atoms with Crippen molar-refractivity contribution in [3.63, 3.8) is 0 Å². The maximum Gasteiger partial charge on any atom is 2.00 e. The van der Waals surface area contributed by atoms with Crippen LogP contribution in [-0.4, -0.2) is 79.9 Å². The third-order valence-corrected chi connectivity index (χ3v) is 9.39. The molecule has 49 heavy (non-hydrogen) atoms. The Kier molecular flexibility index (Phi) is 12.6. The van der Waals surface area contributed by atoms with Crippen molar-refractivity contribution in [3.05, 3.63) is 119 Å². The second kappa shape index (κ2) is 16.1. The van der Waals surface area contributed by atoms with E-state index in [2.05, 4.69) is 20.5 Å². The molecule has 0 unspecified atom stereocenters. The quantitative estimate of drug-likeness (QED) is 0.0944. The van der Waals surface area contributed by atoms with Gasteiger partial charge in [0.1, 0.15) is 42.7 Å². The summed E-state index contributed by atoms with van der Waals surface area (Å²) in [6.45, 7) is 0. The van der Waals surface area contributed by atoms with E-state index in [-0.39, 0.29) is 93.2 Å². The fourth-order valence-corrected chi connectivity index (χ4v) is 6.82. The van der Waals surface area contributed by atoms with Crippen LogP contribution in [0.5, 0.6) is 11.5 Å². The molecule has 0 radical (unpaired) electrons. The Labute approximate surface area is 330 Å². The van der Waals surface area contributed by atoms with Crippen molar-refractivity contribution in [1.29, 1.82) is 0 Å². The van der Waals surface area contributed by atoms with Gasteiger partial charge in [0, 0.05) is 10.8 Å². The Hall–Kier alpha value is -3.39. The zero-order valence-electron chi connectivity index (χ0n) is 24.8. The molecular formula is C32H20BaCl2N4O8S2. The number of nitrogens with zero attached hydrogens (tertiary/aromatic N) is 4. The maximum atomic E-state index is 12.0. The van der Waals surface area contributed by atoms with Gasteiger partial charge in [0.15, 0.2) is 0 Å². The molecule has 244 valence electrons. The molecule has 6 aromatic carbocycles. The molecule has 0 bridgehead atoms. The van der Waals surface area contributed by atoms with E-state index >= 15 is 0 Å². The molecule has 17 heteroatoms. The van der Waals surface area contributed by atoms with Crippen LogP contribution in [0.3, 0.4) is 0 Å². The van der Waals surface area contributed by atoms with Crippen LogP contribution in [0.4, 0.5) is 22.7 Å². The Morgan fingerprint density at radius 2 is 1.04 bits per heavy atom. The minimum Gasteiger partial charge on any atom is -0.871 e. The molecule has 0 amide bonds. The first-order valence-electron chi connectivity index (χ1n) is 13.5. The van der Waals surface area contributed by atoms with Crippen LogP contribution in [-0.2, 0) is 20.2 Å². The predicted octanol–water partition coefficient (Wildman–Crippen LogP) is 8.37. The number of benzene rings is 6. The molecule has 0 aromatic heterocycles. The molecule has 2 N–H and O–H groups in total. The molecule has 12 nitrogen and oxygen atoms in total. The van der Waals surface area contributed by atoms with Gasteiger partial charge in [0.25, 0.3) is 10.1 Å². The zero-order valence-corrected chi connectivity index (χ0v) is 32.4. The SMILES string of the molecule is O=S(=O)(O)c1c(Cl)cccc1N=Nc1c(O)ccc2ccccc12.O=S(=O)([O-])c1c(Cl)cccc1N=Nc1c([O-])ccc2ccccc12.[Ba+2]. The maximum absolute atomic E-state index is 12.0. The van der Waals surface area contributed by atoms with E-state index in [1.165, 1.54) is 48.5 Å². The van der Waals surface area contributed by atoms with E-state index in [1.54, 1.807) is 42.5 Å². The summed E-state index contributed by atoms with van der Waals surface area (Å²) in [5.41, 5.74) is -0.0983. The van der Waals surface area contributed by atoms with E-state index in [9.17, 15) is 36.2 Å². The minimum absolute atomic E-state index is 0. The topological polar surface area (TPSA) is 204 Å². The van der Waals surface area contributed by atoms with Crippen LogP contribution in [0.1, 0.15) is 0 Å². The van der Waals surface area contributed by atoms with Gasteiger partial charge in [0.2, 0.25) is 0 Å². The van der Waals surface area contributed by atoms with Crippen molar-refractivity contribution in [3.8, 4) is 11.5 Å². The van der Waals surface area contributed by atoms with Crippen LogP contribution >= 0.6 is 23.2 Å². The van der Waals surface area contributed by atoms with Crippen molar-refractivity contribution < 1.29 is 36.2 Å². The van der Waals surface area contributed by atoms with Crippen molar-refractivity contribution in [2.45, 2.75) is 9.79 Å². The molecule has 6 rings (SSSR count). The van der Waals surface area contributed by atoms with Gasteiger partial charge >= 0.3 is 48.9 Å². The largest absolute Gasteiger partial charge is 2.00 e. The zero-order chi connectivity index (χ0) is 34.6. The summed E-state index contributed by atoms with van der Waals surface area (Å²) in [4.78, 5) is -1.20. The molecule has 0 heterocycles. The van der Waals surface area contributed by atoms with Gasteiger partial charge in [-0.3, -0.25) is 4.55 Å². The van der Waals surface area contributed by atoms with Crippen LogP contribution in [0.25, 0.3) is 21.5 Å². The van der Waals surface area contributed by atoms with Gasteiger partial charge in [-0.2, -0.15) is 13.5 Å². The molecule has 0 saturated heterocycles. The van der Waals surface area contributed by atoms with Crippen molar-refractivity contribution in [1.82, 2.24) is 0 Å². The summed E-state index contributed by atoms with van der Waals surface area (Å²) < 4.78 is 66.4. The number of halogens is 2. The van der Waals surface area contributed by atoms with Crippen LogP contribution in [0, 0.1) is 0 Å². The number of phenolic OH excluding ortho intramolecular Hbond substituents is 1. The van der Waals surface area contributed by atoms with E-state index in [0.717, 1.165) is 10.8 Å². The fraction of sp³-hybridized carbons (Fsp3) is 0. The van der Waals surface area contributed by atoms with Crippen molar-refractivity contribution in [2.24, 2.45) is 20.5 Å². The van der Waals surface area contributed by atoms with Gasteiger partial charge < -0.3 is 14.8 Å². The standard InChI is InChI=1S/2C16H11ClN2O4S.Ba/c2*17-12-6-3-7-13(16(12)24(21,22)23)18-19-15-11-5-2-1-4-10(11)8-9-14(15)20;/h2*1-9,20H,(H,21,22,23);/q;;+2/p-2. The molecule has 0 atom stereocenters. The first-order valence-corrected chi connectivity index (χ1v) is 17.1. The van der Waals surface area contributed by atoms with Gasteiger partial charge in [-0.25, -0.2) is 8.42 Å². The molecule has 0 aliphatic heterocycles. The van der Waals surface area contributed by atoms with Crippen molar-refractivity contribution >= 4 is 137 Å². The number of phenols is 1. The molecule has 0 spiro atoms. The van der Waals surface area contributed by atoms with Crippen LogP contribution in [0.15, 0.2) is 139 Å². The number of rotatable bonds is 6. The molecule has 0 saturated carbocycles. The third-order valence-electron chi connectivity index (χ3n) is 6.66. The third kappa shape index (κ3) is 9.05. The van der Waals surface area contributed by atoms with Gasteiger partial charge in [-0.1, -0.05) is 108 Å². The first-order chi connectivity index (χ1) is 22.8. The first kappa shape index (κ1) is 38.4. The van der Waals surface area contributed by atoms with E-state index in [4.69, 9.17) is 23.2 Å². The Bertz CT molecular complexity index is 2310. The number of hydrogen-bond donors (Lipinski definition) is 2. The summed E-state index contributed by atoms with van der Waals surface area (Å²) in [6.07, 6.45) is 0. The Morgan fingerprint density at radius 3 is 1.59 bits per heavy atom. The normalized spacial score (nSPS) is 11.8. The minimum atomic E-state index is -4.83. The molecule has 0 aliphatic carbocycles.